The maximum atomic E-state index is 13.0. The topological polar surface area (TPSA) is 46.5 Å². The molecular formula is C15H14ClFO3S. The van der Waals surface area contributed by atoms with Gasteiger partial charge in [-0.05, 0) is 24.1 Å². The molecule has 0 spiro atoms. The minimum absolute atomic E-state index is 0.0909. The van der Waals surface area contributed by atoms with Crippen LogP contribution in [0.25, 0.3) is 0 Å². The molecule has 0 fully saturated rings. The lowest BCUT2D eigenvalue weighted by Crippen LogP contribution is -2.00. The van der Waals surface area contributed by atoms with Crippen LogP contribution < -0.4 is 4.74 Å². The van der Waals surface area contributed by atoms with Crippen LogP contribution in [0, 0.1) is 5.82 Å². The average molecular weight is 329 g/mol. The molecule has 1 aromatic heterocycles. The van der Waals surface area contributed by atoms with E-state index < -0.39 is 11.8 Å². The van der Waals surface area contributed by atoms with Crippen molar-refractivity contribution in [1.82, 2.24) is 0 Å². The highest BCUT2D eigenvalue weighted by Gasteiger charge is 2.18. The predicted molar refractivity (Wildman–Crippen MR) is 81.1 cm³/mol. The Labute approximate surface area is 130 Å². The summed E-state index contributed by atoms with van der Waals surface area (Å²) in [4.78, 5) is 12.3. The Kier molecular flexibility index (Phi) is 4.85. The van der Waals surface area contributed by atoms with E-state index >= 15 is 0 Å². The number of aromatic carboxylic acids is 1. The van der Waals surface area contributed by atoms with E-state index in [1.807, 2.05) is 13.8 Å². The Morgan fingerprint density at radius 2 is 2.14 bits per heavy atom. The maximum Gasteiger partial charge on any atom is 0.349 e. The molecule has 0 atom stereocenters. The molecule has 0 saturated heterocycles. The summed E-state index contributed by atoms with van der Waals surface area (Å²) >= 11 is 7.12. The van der Waals surface area contributed by atoms with Gasteiger partial charge in [0, 0.05) is 10.4 Å². The number of carboxylic acid groups (broad SMARTS) is 1. The fraction of sp³-hybridized carbons (Fsp3) is 0.267. The largest absolute Gasteiger partial charge is 0.487 e. The fourth-order valence-electron chi connectivity index (χ4n) is 1.73. The van der Waals surface area contributed by atoms with Crippen LogP contribution in [0.2, 0.25) is 5.02 Å². The Bertz CT molecular complexity index is 667. The standard InChI is InChI=1S/C15H14ClFO3S/c1-8(2)13-6-12(14(21-13)15(18)19)20-7-9-3-4-10(17)5-11(9)16/h3-6,8H,7H2,1-2H3,(H,18,19). The van der Waals surface area contributed by atoms with Gasteiger partial charge in [0.2, 0.25) is 0 Å². The van der Waals surface area contributed by atoms with E-state index in [2.05, 4.69) is 0 Å². The summed E-state index contributed by atoms with van der Waals surface area (Å²) in [5.41, 5.74) is 0.603. The lowest BCUT2D eigenvalue weighted by molar-refractivity contribution is 0.0697. The van der Waals surface area contributed by atoms with Crippen LogP contribution in [-0.2, 0) is 6.61 Å². The first-order chi connectivity index (χ1) is 9.88. The second kappa shape index (κ2) is 6.45. The normalized spacial score (nSPS) is 10.9. The van der Waals surface area contributed by atoms with E-state index in [0.29, 0.717) is 11.3 Å². The minimum atomic E-state index is -1.02. The van der Waals surface area contributed by atoms with Crippen molar-refractivity contribution in [2.24, 2.45) is 0 Å². The zero-order chi connectivity index (χ0) is 15.6. The van der Waals surface area contributed by atoms with Crippen LogP contribution in [0.4, 0.5) is 4.39 Å². The molecule has 21 heavy (non-hydrogen) atoms. The first kappa shape index (κ1) is 15.8. The van der Waals surface area contributed by atoms with E-state index in [1.165, 1.54) is 29.5 Å². The molecule has 0 bridgehead atoms. The fourth-order valence-corrected chi connectivity index (χ4v) is 2.89. The summed E-state index contributed by atoms with van der Waals surface area (Å²) in [5, 5.41) is 9.46. The smallest absolute Gasteiger partial charge is 0.349 e. The second-order valence-electron chi connectivity index (χ2n) is 4.83. The van der Waals surface area contributed by atoms with Crippen LogP contribution in [0.1, 0.15) is 39.9 Å². The number of hydrogen-bond acceptors (Lipinski definition) is 3. The van der Waals surface area contributed by atoms with Gasteiger partial charge in [-0.25, -0.2) is 9.18 Å². The van der Waals surface area contributed by atoms with Crippen LogP contribution in [0.5, 0.6) is 5.75 Å². The number of ether oxygens (including phenoxy) is 1. The van der Waals surface area contributed by atoms with Gasteiger partial charge < -0.3 is 9.84 Å². The SMILES string of the molecule is CC(C)c1cc(OCc2ccc(F)cc2Cl)c(C(=O)O)s1. The van der Waals surface area contributed by atoms with Gasteiger partial charge >= 0.3 is 5.97 Å². The predicted octanol–water partition coefficient (Wildman–Crippen LogP) is 4.94. The number of thiophene rings is 1. The number of halogens is 2. The van der Waals surface area contributed by atoms with Gasteiger partial charge in [-0.1, -0.05) is 31.5 Å². The van der Waals surface area contributed by atoms with Crippen molar-refractivity contribution in [2.45, 2.75) is 26.4 Å². The zero-order valence-corrected chi connectivity index (χ0v) is 13.1. The molecular weight excluding hydrogens is 315 g/mol. The van der Waals surface area contributed by atoms with E-state index in [4.69, 9.17) is 16.3 Å². The summed E-state index contributed by atoms with van der Waals surface area (Å²) in [6.07, 6.45) is 0. The highest BCUT2D eigenvalue weighted by molar-refractivity contribution is 7.14. The molecule has 3 nitrogen and oxygen atoms in total. The van der Waals surface area contributed by atoms with Gasteiger partial charge in [-0.2, -0.15) is 0 Å². The summed E-state index contributed by atoms with van der Waals surface area (Å²) in [6, 6.07) is 5.74. The number of benzene rings is 1. The van der Waals surface area contributed by atoms with Crippen LogP contribution in [0.3, 0.4) is 0 Å². The average Bonchev–Trinajstić information content (AvgIpc) is 2.82. The molecule has 0 radical (unpaired) electrons. The zero-order valence-electron chi connectivity index (χ0n) is 11.5. The van der Waals surface area contributed by atoms with Gasteiger partial charge in [0.15, 0.2) is 4.88 Å². The van der Waals surface area contributed by atoms with Crippen LogP contribution in [0.15, 0.2) is 24.3 Å². The van der Waals surface area contributed by atoms with Crippen LogP contribution >= 0.6 is 22.9 Å². The van der Waals surface area contributed by atoms with Crippen LogP contribution in [-0.4, -0.2) is 11.1 Å². The van der Waals surface area contributed by atoms with Crippen molar-refractivity contribution < 1.29 is 19.0 Å². The molecule has 6 heteroatoms. The van der Waals surface area contributed by atoms with Gasteiger partial charge in [-0.15, -0.1) is 11.3 Å². The quantitative estimate of drug-likeness (QED) is 0.845. The van der Waals surface area contributed by atoms with Crippen molar-refractivity contribution in [3.8, 4) is 5.75 Å². The first-order valence-electron chi connectivity index (χ1n) is 6.32. The molecule has 1 aromatic carbocycles. The maximum absolute atomic E-state index is 13.0. The molecule has 2 rings (SSSR count). The molecule has 0 unspecified atom stereocenters. The lowest BCUT2D eigenvalue weighted by Gasteiger charge is -2.07. The van der Waals surface area contributed by atoms with Crippen molar-refractivity contribution in [2.75, 3.05) is 0 Å². The molecule has 1 heterocycles. The van der Waals surface area contributed by atoms with Gasteiger partial charge in [0.1, 0.15) is 18.2 Å². The molecule has 0 aliphatic carbocycles. The Balaban J connectivity index is 2.21. The molecule has 0 amide bonds. The van der Waals surface area contributed by atoms with Gasteiger partial charge in [-0.3, -0.25) is 0 Å². The number of carboxylic acids is 1. The van der Waals surface area contributed by atoms with Crippen molar-refractivity contribution >= 4 is 28.9 Å². The lowest BCUT2D eigenvalue weighted by atomic mass is 10.2. The number of rotatable bonds is 5. The molecule has 0 saturated carbocycles. The number of carbonyl (C=O) groups is 1. The Morgan fingerprint density at radius 1 is 1.43 bits per heavy atom. The minimum Gasteiger partial charge on any atom is -0.487 e. The van der Waals surface area contributed by atoms with Crippen molar-refractivity contribution in [3.63, 3.8) is 0 Å². The molecule has 2 aromatic rings. The third-order valence-electron chi connectivity index (χ3n) is 2.88. The highest BCUT2D eigenvalue weighted by atomic mass is 35.5. The molecule has 0 aliphatic heterocycles. The molecule has 112 valence electrons. The second-order valence-corrected chi connectivity index (χ2v) is 6.32. The van der Waals surface area contributed by atoms with E-state index in [1.54, 1.807) is 6.07 Å². The van der Waals surface area contributed by atoms with Crippen molar-refractivity contribution in [3.05, 3.63) is 50.4 Å². The first-order valence-corrected chi connectivity index (χ1v) is 7.51. The summed E-state index contributed by atoms with van der Waals surface area (Å²) < 4.78 is 18.5. The summed E-state index contributed by atoms with van der Waals surface area (Å²) in [5.74, 6) is -0.906. The van der Waals surface area contributed by atoms with E-state index in [9.17, 15) is 14.3 Å². The van der Waals surface area contributed by atoms with E-state index in [0.717, 1.165) is 4.88 Å². The van der Waals surface area contributed by atoms with Gasteiger partial charge in [0.05, 0.1) is 5.02 Å². The third-order valence-corrected chi connectivity index (χ3v) is 4.64. The van der Waals surface area contributed by atoms with Gasteiger partial charge in [0.25, 0.3) is 0 Å². The highest BCUT2D eigenvalue weighted by Crippen LogP contribution is 2.34. The molecule has 0 aliphatic rings. The summed E-state index contributed by atoms with van der Waals surface area (Å²) in [6.45, 7) is 4.06. The van der Waals surface area contributed by atoms with E-state index in [-0.39, 0.29) is 22.4 Å². The Hall–Kier alpha value is -1.59. The van der Waals surface area contributed by atoms with Crippen molar-refractivity contribution in [1.29, 1.82) is 0 Å². The summed E-state index contributed by atoms with van der Waals surface area (Å²) in [7, 11) is 0. The monoisotopic (exact) mass is 328 g/mol. The Morgan fingerprint density at radius 3 is 2.71 bits per heavy atom. The molecule has 1 N–H and O–H groups in total. The number of hydrogen-bond donors (Lipinski definition) is 1. The third kappa shape index (κ3) is 3.74.